The number of H-pyrrole nitrogens is 1. The molecule has 0 aliphatic carbocycles. The maximum Gasteiger partial charge on any atom is 0.396 e. The number of para-hydroxylation sites is 1. The molecule has 11 N–H and O–H groups in total. The Morgan fingerprint density at radius 3 is 2.30 bits per heavy atom. The average molecular weight is 1280 g/mol. The number of hydrogen-bond donors (Lipinski definition) is 10. The smallest absolute Gasteiger partial charge is 0.391 e. The second-order valence-corrected chi connectivity index (χ2v) is 26.8. The van der Waals surface area contributed by atoms with E-state index in [4.69, 9.17) is 17.3 Å². The zero-order valence-electron chi connectivity index (χ0n) is 49.8. The average Bonchev–Trinajstić information content (AvgIpc) is 1.63. The lowest BCUT2D eigenvalue weighted by Gasteiger charge is -2.35. The number of thiazole rings is 1. The highest BCUT2D eigenvalue weighted by Gasteiger charge is 2.47. The lowest BCUT2D eigenvalue weighted by atomic mass is 9.85. The Bertz CT molecular complexity index is 3800. The van der Waals surface area contributed by atoms with Gasteiger partial charge in [0.1, 0.15) is 35.9 Å². The third kappa shape index (κ3) is 15.1. The number of hydrogen-bond acceptors (Lipinski definition) is 13. The number of primary amides is 1. The summed E-state index contributed by atoms with van der Waals surface area (Å²) in [6, 6.07) is 17.5. The molecule has 3 aliphatic rings. The fraction of sp³-hybridized carbons (Fsp3) is 0.397. The molecule has 0 bridgehead atoms. The minimum atomic E-state index is -5.08. The first-order chi connectivity index (χ1) is 42.2. The Hall–Kier alpha value is -8.12. The minimum Gasteiger partial charge on any atom is -0.391 e. The van der Waals surface area contributed by atoms with Gasteiger partial charge in [0.2, 0.25) is 41.4 Å². The van der Waals surface area contributed by atoms with Crippen molar-refractivity contribution in [1.29, 1.82) is 0 Å². The van der Waals surface area contributed by atoms with E-state index in [0.717, 1.165) is 27.3 Å². The van der Waals surface area contributed by atoms with Crippen LogP contribution in [0.25, 0.3) is 21.3 Å². The number of halogens is 1. The summed E-state index contributed by atoms with van der Waals surface area (Å²) < 4.78 is 11.6. The molecule has 23 nitrogen and oxygen atoms in total. The Kier molecular flexibility index (Phi) is 20.1. The number of likely N-dealkylation sites (tertiary alicyclic amines) is 1. The van der Waals surface area contributed by atoms with E-state index in [-0.39, 0.29) is 72.9 Å². The van der Waals surface area contributed by atoms with E-state index >= 15 is 0 Å². The fourth-order valence-electron chi connectivity index (χ4n) is 11.7. The van der Waals surface area contributed by atoms with Gasteiger partial charge in [0.25, 0.3) is 11.4 Å². The zero-order valence-corrected chi connectivity index (χ0v) is 52.2. The van der Waals surface area contributed by atoms with Crippen molar-refractivity contribution in [2.24, 2.45) is 11.1 Å². The molecule has 5 heterocycles. The summed E-state index contributed by atoms with van der Waals surface area (Å²) in [5, 5.41) is 25.5. The second kappa shape index (κ2) is 27.3. The third-order valence-corrected chi connectivity index (χ3v) is 18.7. The summed E-state index contributed by atoms with van der Waals surface area (Å²) in [6.45, 7) is 9.20. The van der Waals surface area contributed by atoms with Crippen molar-refractivity contribution in [3.05, 3.63) is 135 Å². The molecular weight excluding hydrogens is 1200 g/mol. The number of aryl methyl sites for hydroxylation is 3. The normalized spacial score (nSPS) is 18.3. The van der Waals surface area contributed by atoms with Crippen LogP contribution in [0.4, 0.5) is 11.4 Å². The third-order valence-electron chi connectivity index (χ3n) is 16.5. The SMILES string of the molecule is Cc1ncsc1-c1ccc([C@H](C)NC(=O)[C@@H]2C[C@@H](O)CN2C(=O)[C@@H](NC(=O)CCCCCc2cccc(NC(=O)[C@H](CCC(N)=O)NC(=O)[C@@H]3Cc4cccc5c4N3C(=O)[C@@H](NC(=O)c3cc4cc(C(=O)P(=O)(O)O)ccc4[nH]3)CC5)c2Cl)C(C)(C)C)cc1. The van der Waals surface area contributed by atoms with Gasteiger partial charge in [-0.2, -0.15) is 0 Å². The number of amides is 8. The number of benzene rings is 4. The number of nitrogens with zero attached hydrogens (tertiary/aromatic N) is 3. The Morgan fingerprint density at radius 1 is 0.888 bits per heavy atom. The molecule has 8 amide bonds. The van der Waals surface area contributed by atoms with E-state index in [2.05, 4.69) is 36.6 Å². The molecular formula is C63H72ClN10O13PS. The summed E-state index contributed by atoms with van der Waals surface area (Å²) in [7, 11) is -5.08. The maximum atomic E-state index is 14.6. The van der Waals surface area contributed by atoms with Gasteiger partial charge >= 0.3 is 7.60 Å². The highest BCUT2D eigenvalue weighted by Crippen LogP contribution is 2.41. The predicted molar refractivity (Wildman–Crippen MR) is 335 cm³/mol. The molecule has 4 aromatic carbocycles. The Labute approximate surface area is 522 Å². The summed E-state index contributed by atoms with van der Waals surface area (Å²) >= 11 is 8.46. The lowest BCUT2D eigenvalue weighted by Crippen LogP contribution is -2.57. The van der Waals surface area contributed by atoms with E-state index in [9.17, 15) is 62.6 Å². The van der Waals surface area contributed by atoms with E-state index in [1.54, 1.807) is 47.2 Å². The van der Waals surface area contributed by atoms with Crippen LogP contribution in [-0.2, 0) is 57.4 Å². The van der Waals surface area contributed by atoms with Crippen LogP contribution in [0, 0.1) is 12.3 Å². The molecule has 9 rings (SSSR count). The molecule has 0 spiro atoms. The number of carbonyl (C=O) groups is 9. The maximum absolute atomic E-state index is 14.6. The molecule has 0 unspecified atom stereocenters. The van der Waals surface area contributed by atoms with Crippen LogP contribution in [-0.4, -0.2) is 125 Å². The van der Waals surface area contributed by atoms with Crippen LogP contribution >= 0.6 is 30.5 Å². The first-order valence-electron chi connectivity index (χ1n) is 29.4. The number of β-amino-alcohol motifs (C(OH)–C–C–N with tert-alkyl or cyclic N) is 1. The van der Waals surface area contributed by atoms with E-state index in [1.165, 1.54) is 34.1 Å². The van der Waals surface area contributed by atoms with Crippen molar-refractivity contribution in [3.63, 3.8) is 0 Å². The summed E-state index contributed by atoms with van der Waals surface area (Å²) in [4.78, 5) is 153. The van der Waals surface area contributed by atoms with Crippen LogP contribution in [0.15, 0.2) is 90.4 Å². The van der Waals surface area contributed by atoms with Gasteiger partial charge in [-0.25, -0.2) is 4.98 Å². The number of fused-ring (bicyclic) bond motifs is 1. The summed E-state index contributed by atoms with van der Waals surface area (Å²) in [5.41, 5.74) is 11.0. The van der Waals surface area contributed by atoms with E-state index < -0.39 is 102 Å². The number of rotatable bonds is 23. The number of nitrogens with one attached hydrogen (secondary N) is 6. The molecule has 1 fully saturated rings. The topological polar surface area (TPSA) is 353 Å². The Balaban J connectivity index is 0.782. The number of nitrogens with two attached hydrogens (primary N) is 1. The van der Waals surface area contributed by atoms with Gasteiger partial charge in [-0.05, 0) is 116 Å². The highest BCUT2D eigenvalue weighted by atomic mass is 35.5. The van der Waals surface area contributed by atoms with Crippen LogP contribution in [0.2, 0.25) is 5.02 Å². The number of anilines is 2. The van der Waals surface area contributed by atoms with Gasteiger partial charge in [-0.1, -0.05) is 93.4 Å². The molecule has 0 radical (unpaired) electrons. The number of aliphatic hydroxyl groups is 1. The number of unbranched alkanes of at least 4 members (excludes halogenated alkanes) is 2. The number of aliphatic hydroxyl groups excluding tert-OH is 1. The van der Waals surface area contributed by atoms with Crippen LogP contribution in [0.1, 0.15) is 134 Å². The lowest BCUT2D eigenvalue weighted by molar-refractivity contribution is -0.144. The number of aromatic nitrogens is 2. The first-order valence-corrected chi connectivity index (χ1v) is 32.3. The first kappa shape index (κ1) is 65.3. The van der Waals surface area contributed by atoms with Crippen molar-refractivity contribution >= 4 is 106 Å². The largest absolute Gasteiger partial charge is 0.396 e. The predicted octanol–water partition coefficient (Wildman–Crippen LogP) is 6.44. The van der Waals surface area contributed by atoms with Crippen molar-refractivity contribution in [1.82, 2.24) is 36.1 Å². The van der Waals surface area contributed by atoms with Crippen molar-refractivity contribution in [2.45, 2.75) is 148 Å². The van der Waals surface area contributed by atoms with Gasteiger partial charge in [0.05, 0.1) is 44.6 Å². The minimum absolute atomic E-state index is 0.00647. The standard InChI is InChI=1S/C63H72ClN10O13PS/c1-33(35-17-19-38(20-18-35)54-34(2)66-32-89-54)67-58(80)48-30-42(75)31-73(48)61(83)55(63(3,4)5)72-51(77)16-8-6-7-11-36-12-10-15-44(52(36)64)69-56(78)45(25-26-50(65)76)70-59(81)49-29-39-14-9-13-37-21-24-46(60(82)74(49)53(37)39)71-57(79)47-28-41-27-40(22-23-43(41)68-47)62(84)88(85,86)87/h9-10,12-15,17-20,22-23,27-28,32-33,42,45-46,48-49,55,68,75H,6-8,11,16,21,24-26,29-31H2,1-5H3,(H2,65,76)(H,67,80)(H,69,78)(H,70,81)(H,71,79)(H,72,77)(H2,85,86,87)/t33-,42+,45-,46-,48-,49-,55+/m0/s1. The van der Waals surface area contributed by atoms with Gasteiger partial charge in [0, 0.05) is 48.7 Å². The molecule has 89 heavy (non-hydrogen) atoms. The zero-order chi connectivity index (χ0) is 64.2. The van der Waals surface area contributed by atoms with Gasteiger partial charge in [0.15, 0.2) is 0 Å². The number of aromatic amines is 1. The molecule has 2 aromatic heterocycles. The molecule has 26 heteroatoms. The van der Waals surface area contributed by atoms with Crippen LogP contribution < -0.4 is 37.2 Å². The molecule has 470 valence electrons. The molecule has 0 saturated carbocycles. The van der Waals surface area contributed by atoms with Crippen LogP contribution in [0.5, 0.6) is 0 Å². The quantitative estimate of drug-likeness (QED) is 0.0244. The van der Waals surface area contributed by atoms with Gasteiger partial charge < -0.3 is 57.1 Å². The fourth-order valence-corrected chi connectivity index (χ4v) is 13.3. The summed E-state index contributed by atoms with van der Waals surface area (Å²) in [5.74, 6) is -4.69. The monoisotopic (exact) mass is 1270 g/mol. The summed E-state index contributed by atoms with van der Waals surface area (Å²) in [6.07, 6.45) is 1.36. The van der Waals surface area contributed by atoms with Crippen molar-refractivity contribution in [2.75, 3.05) is 16.8 Å². The van der Waals surface area contributed by atoms with E-state index in [0.29, 0.717) is 59.8 Å². The molecule has 7 atom stereocenters. The molecule has 3 aliphatic heterocycles. The van der Waals surface area contributed by atoms with E-state index in [1.807, 2.05) is 65.0 Å². The molecule has 1 saturated heterocycles. The molecule has 6 aromatic rings. The van der Waals surface area contributed by atoms with Crippen LogP contribution in [0.3, 0.4) is 0 Å². The van der Waals surface area contributed by atoms with Crippen molar-refractivity contribution < 1.29 is 62.6 Å². The van der Waals surface area contributed by atoms with Gasteiger partial charge in [-0.3, -0.25) is 52.6 Å². The van der Waals surface area contributed by atoms with Crippen molar-refractivity contribution in [3.8, 4) is 10.4 Å². The Morgan fingerprint density at radius 2 is 1.61 bits per heavy atom. The second-order valence-electron chi connectivity index (χ2n) is 24.0. The van der Waals surface area contributed by atoms with Gasteiger partial charge in [-0.15, -0.1) is 11.3 Å². The highest BCUT2D eigenvalue weighted by molar-refractivity contribution is 7.70. The number of carbonyl (C=O) groups excluding carboxylic acids is 9.